The molecule has 2 aromatic carbocycles. The lowest BCUT2D eigenvalue weighted by Crippen LogP contribution is -2.50. The molecule has 10 heteroatoms. The van der Waals surface area contributed by atoms with Crippen molar-refractivity contribution in [3.8, 4) is 5.75 Å². The second-order valence-corrected chi connectivity index (χ2v) is 7.77. The molecule has 0 bridgehead atoms. The van der Waals surface area contributed by atoms with Crippen molar-refractivity contribution in [1.82, 2.24) is 15.3 Å². The Kier molecular flexibility index (Phi) is 6.40. The number of aromatic nitrogens is 1. The summed E-state index contributed by atoms with van der Waals surface area (Å²) in [5.74, 6) is -0.383. The summed E-state index contributed by atoms with van der Waals surface area (Å²) in [6.07, 6.45) is 0. The van der Waals surface area contributed by atoms with E-state index in [1.165, 1.54) is 35.6 Å². The van der Waals surface area contributed by atoms with E-state index in [4.69, 9.17) is 5.73 Å². The van der Waals surface area contributed by atoms with Gasteiger partial charge in [-0.3, -0.25) is 4.79 Å². The average Bonchev–Trinajstić information content (AvgIpc) is 3.15. The summed E-state index contributed by atoms with van der Waals surface area (Å²) in [5.41, 5.74) is 7.22. The Balaban J connectivity index is 1.67. The molecule has 1 aromatic heterocycles. The minimum atomic E-state index is -2.97. The van der Waals surface area contributed by atoms with Crippen molar-refractivity contribution in [1.29, 1.82) is 0 Å². The first-order valence-electron chi connectivity index (χ1n) is 9.69. The van der Waals surface area contributed by atoms with E-state index < -0.39 is 12.4 Å². The Bertz CT molecular complexity index is 1040. The molecule has 4 rings (SSSR count). The predicted octanol–water partition coefficient (Wildman–Crippen LogP) is 3.52. The molecule has 31 heavy (non-hydrogen) atoms. The minimum absolute atomic E-state index is 0.0871. The van der Waals surface area contributed by atoms with Crippen molar-refractivity contribution in [2.75, 3.05) is 36.9 Å². The number of thiazole rings is 1. The molecule has 0 saturated carbocycles. The number of nitrogens with zero attached hydrogens (tertiary/aromatic N) is 3. The molecule has 0 radical (unpaired) electrons. The highest BCUT2D eigenvalue weighted by Gasteiger charge is 2.26. The van der Waals surface area contributed by atoms with Gasteiger partial charge < -0.3 is 15.8 Å². The number of ketones is 1. The van der Waals surface area contributed by atoms with E-state index in [9.17, 15) is 13.6 Å². The fraction of sp³-hybridized carbons (Fsp3) is 0.238. The second kappa shape index (κ2) is 9.38. The highest BCUT2D eigenvalue weighted by atomic mass is 32.1. The van der Waals surface area contributed by atoms with Crippen LogP contribution in [-0.2, 0) is 0 Å². The number of hydrogen-bond acceptors (Lipinski definition) is 8. The van der Waals surface area contributed by atoms with Gasteiger partial charge in [0.1, 0.15) is 16.4 Å². The normalized spacial score (nSPS) is 14.5. The number of carbonyl (C=O) groups is 1. The largest absolute Gasteiger partial charge is 0.435 e. The van der Waals surface area contributed by atoms with Crippen LogP contribution in [0.2, 0.25) is 0 Å². The lowest BCUT2D eigenvalue weighted by molar-refractivity contribution is -0.0498. The first-order chi connectivity index (χ1) is 15.0. The Morgan fingerprint density at radius 1 is 1.16 bits per heavy atom. The number of hydrazine groups is 1. The summed E-state index contributed by atoms with van der Waals surface area (Å²) in [6.45, 7) is 0.221. The van der Waals surface area contributed by atoms with Crippen LogP contribution in [0.1, 0.15) is 15.2 Å². The van der Waals surface area contributed by atoms with Crippen molar-refractivity contribution < 1.29 is 18.3 Å². The Morgan fingerprint density at radius 3 is 2.61 bits per heavy atom. The molecule has 1 fully saturated rings. The van der Waals surface area contributed by atoms with Crippen LogP contribution < -0.4 is 20.8 Å². The second-order valence-electron chi connectivity index (χ2n) is 6.80. The lowest BCUT2D eigenvalue weighted by Gasteiger charge is -2.37. The summed E-state index contributed by atoms with van der Waals surface area (Å²) in [7, 11) is 0. The highest BCUT2D eigenvalue weighted by molar-refractivity contribution is 7.18. The van der Waals surface area contributed by atoms with Crippen LogP contribution in [0.15, 0.2) is 54.6 Å². The van der Waals surface area contributed by atoms with Crippen LogP contribution in [0, 0.1) is 0 Å². The van der Waals surface area contributed by atoms with Gasteiger partial charge in [-0.15, -0.1) is 0 Å². The Morgan fingerprint density at radius 2 is 1.90 bits per heavy atom. The van der Waals surface area contributed by atoms with Crippen LogP contribution in [0.4, 0.5) is 25.4 Å². The van der Waals surface area contributed by atoms with Crippen LogP contribution >= 0.6 is 11.3 Å². The number of rotatable bonds is 7. The van der Waals surface area contributed by atoms with Gasteiger partial charge in [0, 0.05) is 31.7 Å². The lowest BCUT2D eigenvalue weighted by atomic mass is 10.1. The van der Waals surface area contributed by atoms with E-state index >= 15 is 0 Å². The number of anilines is 3. The zero-order valence-electron chi connectivity index (χ0n) is 16.5. The molecule has 1 saturated heterocycles. The first-order valence-corrected chi connectivity index (χ1v) is 10.5. The average molecular weight is 445 g/mol. The first kappa shape index (κ1) is 21.2. The summed E-state index contributed by atoms with van der Waals surface area (Å²) in [4.78, 5) is 17.8. The number of ether oxygens (including phenoxy) is 1. The van der Waals surface area contributed by atoms with Crippen molar-refractivity contribution in [3.63, 3.8) is 0 Å². The third-order valence-electron chi connectivity index (χ3n) is 4.73. The van der Waals surface area contributed by atoms with E-state index in [0.29, 0.717) is 5.13 Å². The third kappa shape index (κ3) is 4.82. The molecule has 0 unspecified atom stereocenters. The fourth-order valence-corrected chi connectivity index (χ4v) is 4.33. The topological polar surface area (TPSA) is 83.7 Å². The summed E-state index contributed by atoms with van der Waals surface area (Å²) in [6, 6.07) is 15.4. The zero-order valence-corrected chi connectivity index (χ0v) is 17.3. The van der Waals surface area contributed by atoms with Crippen LogP contribution in [0.3, 0.4) is 0 Å². The fourth-order valence-electron chi connectivity index (χ4n) is 3.34. The Hall–Kier alpha value is -3.08. The molecule has 0 atom stereocenters. The minimum Gasteiger partial charge on any atom is -0.435 e. The number of alkyl halides is 2. The molecule has 1 aliphatic heterocycles. The molecule has 7 nitrogen and oxygen atoms in total. The van der Waals surface area contributed by atoms with Crippen molar-refractivity contribution in [2.45, 2.75) is 6.61 Å². The number of carbonyl (C=O) groups excluding carboxylic acids is 1. The number of hydrogen-bond donors (Lipinski definition) is 2. The van der Waals surface area contributed by atoms with E-state index in [1.54, 1.807) is 0 Å². The van der Waals surface area contributed by atoms with Crippen molar-refractivity contribution in [2.24, 2.45) is 0 Å². The number of piperazine rings is 1. The molecule has 3 N–H and O–H groups in total. The van der Waals surface area contributed by atoms with E-state index in [0.717, 1.165) is 31.9 Å². The highest BCUT2D eigenvalue weighted by Crippen LogP contribution is 2.35. The molecule has 3 aromatic rings. The zero-order chi connectivity index (χ0) is 21.8. The van der Waals surface area contributed by atoms with E-state index in [-0.39, 0.29) is 22.0 Å². The molecular weight excluding hydrogens is 424 g/mol. The van der Waals surface area contributed by atoms with Gasteiger partial charge in [-0.1, -0.05) is 41.7 Å². The maximum absolute atomic E-state index is 13.1. The number of nitrogen functional groups attached to an aromatic ring is 1. The Labute approximate surface area is 182 Å². The summed E-state index contributed by atoms with van der Waals surface area (Å²) < 4.78 is 29.4. The third-order valence-corrected chi connectivity index (χ3v) is 5.77. The molecule has 2 heterocycles. The van der Waals surface area contributed by atoms with Crippen molar-refractivity contribution in [3.05, 3.63) is 65.0 Å². The SMILES string of the molecule is Nc1nc(N(c2ccccc2)N2CCNCC2)sc1C(=O)c1cccc(OC(F)F)c1. The molecular formula is C21H21F2N5O2S. The number of nitrogens with two attached hydrogens (primary N) is 1. The number of nitrogens with one attached hydrogen (secondary N) is 1. The van der Waals surface area contributed by atoms with Gasteiger partial charge in [-0.05, 0) is 24.3 Å². The van der Waals surface area contributed by atoms with Gasteiger partial charge in [-0.2, -0.15) is 8.78 Å². The van der Waals surface area contributed by atoms with Gasteiger partial charge >= 0.3 is 6.61 Å². The van der Waals surface area contributed by atoms with Crippen molar-refractivity contribution >= 4 is 33.8 Å². The van der Waals surface area contributed by atoms with Gasteiger partial charge in [0.25, 0.3) is 0 Å². The van der Waals surface area contributed by atoms with Gasteiger partial charge in [0.15, 0.2) is 0 Å². The standard InChI is InChI=1S/C21H21F2N5O2S/c22-20(23)30-16-8-4-5-14(13-16)17(29)18-19(24)26-21(31-18)28(15-6-2-1-3-7-15)27-11-9-25-10-12-27/h1-8,13,20,25H,9-12,24H2. The predicted molar refractivity (Wildman–Crippen MR) is 116 cm³/mol. The summed E-state index contributed by atoms with van der Waals surface area (Å²) >= 11 is 1.17. The molecule has 0 aliphatic carbocycles. The van der Waals surface area contributed by atoms with E-state index in [2.05, 4.69) is 20.0 Å². The molecule has 0 amide bonds. The van der Waals surface area contributed by atoms with E-state index in [1.807, 2.05) is 35.3 Å². The molecule has 1 aliphatic rings. The molecule has 0 spiro atoms. The monoisotopic (exact) mass is 445 g/mol. The number of benzene rings is 2. The van der Waals surface area contributed by atoms with Crippen LogP contribution in [-0.4, -0.2) is 48.6 Å². The van der Waals surface area contributed by atoms with Crippen LogP contribution in [0.25, 0.3) is 0 Å². The maximum Gasteiger partial charge on any atom is 0.387 e. The van der Waals surface area contributed by atoms with Gasteiger partial charge in [-0.25, -0.2) is 15.0 Å². The quantitative estimate of drug-likeness (QED) is 0.539. The summed E-state index contributed by atoms with van der Waals surface area (Å²) in [5, 5.41) is 8.00. The number of halogens is 2. The van der Waals surface area contributed by atoms with Crippen LogP contribution in [0.5, 0.6) is 5.75 Å². The molecule has 162 valence electrons. The maximum atomic E-state index is 13.1. The van der Waals surface area contributed by atoms with Gasteiger partial charge in [0.05, 0.1) is 5.69 Å². The van der Waals surface area contributed by atoms with Gasteiger partial charge in [0.2, 0.25) is 10.9 Å². The smallest absolute Gasteiger partial charge is 0.387 e. The number of para-hydroxylation sites is 1.